The summed E-state index contributed by atoms with van der Waals surface area (Å²) < 4.78 is 2.30. The molecule has 5 heteroatoms. The lowest BCUT2D eigenvalue weighted by Crippen LogP contribution is -2.41. The normalized spacial score (nSPS) is 30.0. The first-order chi connectivity index (χ1) is 15.8. The number of oxime groups is 1. The maximum atomic E-state index is 13.5. The highest BCUT2D eigenvalue weighted by molar-refractivity contribution is 6.04. The number of carbonyl (C=O) groups excluding carboxylic acids is 2. The summed E-state index contributed by atoms with van der Waals surface area (Å²) in [5, 5.41) is 4.49. The number of carbonyl (C=O) groups is 2. The van der Waals surface area contributed by atoms with E-state index in [2.05, 4.69) is 67.7 Å². The zero-order valence-corrected chi connectivity index (χ0v) is 21.5. The van der Waals surface area contributed by atoms with Crippen LogP contribution in [0.25, 0.3) is 5.69 Å². The number of ketones is 1. The lowest BCUT2D eigenvalue weighted by Gasteiger charge is -2.37. The number of hydrogen-bond acceptors (Lipinski definition) is 4. The van der Waals surface area contributed by atoms with Crippen molar-refractivity contribution < 1.29 is 14.4 Å². The Labute approximate surface area is 202 Å². The largest absolute Gasteiger partial charge is 0.342 e. The summed E-state index contributed by atoms with van der Waals surface area (Å²) in [5.74, 6) is -0.167. The van der Waals surface area contributed by atoms with E-state index in [0.29, 0.717) is 6.42 Å². The van der Waals surface area contributed by atoms with Gasteiger partial charge in [-0.05, 0) is 68.6 Å². The minimum atomic E-state index is -0.778. The topological polar surface area (TPSA) is 60.7 Å². The second kappa shape index (κ2) is 7.16. The fraction of sp³-hybridized carbons (Fsp3) is 0.552. The predicted octanol–water partition coefficient (Wildman–Crippen LogP) is 6.10. The lowest BCUT2D eigenvalue weighted by atomic mass is 9.65. The van der Waals surface area contributed by atoms with Gasteiger partial charge in [0.05, 0.1) is 11.1 Å². The third kappa shape index (κ3) is 3.01. The molecule has 1 heterocycles. The Morgan fingerprint density at radius 2 is 1.65 bits per heavy atom. The highest BCUT2D eigenvalue weighted by atomic mass is 16.7. The van der Waals surface area contributed by atoms with Gasteiger partial charge < -0.3 is 9.40 Å². The van der Waals surface area contributed by atoms with Gasteiger partial charge in [-0.25, -0.2) is 4.79 Å². The minimum absolute atomic E-state index is 0.0156. The van der Waals surface area contributed by atoms with Crippen LogP contribution < -0.4 is 0 Å². The molecule has 0 saturated heterocycles. The highest BCUT2D eigenvalue weighted by Crippen LogP contribution is 2.70. The lowest BCUT2D eigenvalue weighted by molar-refractivity contribution is -0.161. The van der Waals surface area contributed by atoms with Crippen molar-refractivity contribution in [2.45, 2.75) is 80.6 Å². The van der Waals surface area contributed by atoms with E-state index in [1.165, 1.54) is 11.3 Å². The summed E-state index contributed by atoms with van der Waals surface area (Å²) >= 11 is 0. The second-order valence-electron chi connectivity index (χ2n) is 12.4. The Hall–Kier alpha value is -2.69. The third-order valence-corrected chi connectivity index (χ3v) is 9.52. The first kappa shape index (κ1) is 23.1. The van der Waals surface area contributed by atoms with Crippen LogP contribution in [0.5, 0.6) is 0 Å². The molecular formula is C29H36N2O3. The van der Waals surface area contributed by atoms with Crippen LogP contribution in [-0.4, -0.2) is 22.0 Å². The molecule has 0 aliphatic heterocycles. The second-order valence-corrected chi connectivity index (χ2v) is 12.4. The summed E-state index contributed by atoms with van der Waals surface area (Å²) in [7, 11) is 0. The summed E-state index contributed by atoms with van der Waals surface area (Å²) in [6.07, 6.45) is 3.34. The molecule has 0 spiro atoms. The molecule has 2 aromatic rings. The molecule has 3 aliphatic rings. The molecule has 0 N–H and O–H groups in total. The molecule has 34 heavy (non-hydrogen) atoms. The fourth-order valence-electron chi connectivity index (χ4n) is 6.81. The predicted molar refractivity (Wildman–Crippen MR) is 133 cm³/mol. The Morgan fingerprint density at radius 1 is 0.971 bits per heavy atom. The molecule has 3 aliphatic carbocycles. The molecule has 5 nitrogen and oxygen atoms in total. The number of rotatable bonds is 3. The van der Waals surface area contributed by atoms with Gasteiger partial charge in [0.15, 0.2) is 0 Å². The Morgan fingerprint density at radius 3 is 2.24 bits per heavy atom. The van der Waals surface area contributed by atoms with Crippen molar-refractivity contribution in [2.24, 2.45) is 26.8 Å². The van der Waals surface area contributed by atoms with E-state index in [9.17, 15) is 9.59 Å². The standard InChI is InChI=1S/C29H36N2O3/c1-18-8-10-20(11-9-18)31-19(2)14-21-22(15-26(3,4)16-23(21)31)30-34-25(33)29-13-12-28(7,24(32)17-29)27(29,5)6/h8-11,14H,12-13,15-17H2,1-7H3/b30-22+. The van der Waals surface area contributed by atoms with Gasteiger partial charge in [-0.1, -0.05) is 57.5 Å². The quantitative estimate of drug-likeness (QED) is 0.411. The van der Waals surface area contributed by atoms with Gasteiger partial charge in [0.2, 0.25) is 0 Å². The van der Waals surface area contributed by atoms with Crippen molar-refractivity contribution in [1.82, 2.24) is 4.57 Å². The molecular weight excluding hydrogens is 424 g/mol. The Balaban J connectivity index is 1.51. The zero-order chi connectivity index (χ0) is 24.7. The summed E-state index contributed by atoms with van der Waals surface area (Å²) in [6.45, 7) is 14.8. The number of benzene rings is 1. The van der Waals surface area contributed by atoms with E-state index >= 15 is 0 Å². The first-order valence-electron chi connectivity index (χ1n) is 12.4. The maximum absolute atomic E-state index is 13.5. The molecule has 5 rings (SSSR count). The summed E-state index contributed by atoms with van der Waals surface area (Å²) in [6, 6.07) is 10.7. The van der Waals surface area contributed by atoms with Crippen molar-refractivity contribution in [3.63, 3.8) is 0 Å². The van der Waals surface area contributed by atoms with Crippen LogP contribution in [0.1, 0.15) is 82.8 Å². The highest BCUT2D eigenvalue weighted by Gasteiger charge is 2.73. The smallest absolute Gasteiger partial charge is 0.318 e. The van der Waals surface area contributed by atoms with Crippen molar-refractivity contribution in [3.05, 3.63) is 52.8 Å². The van der Waals surface area contributed by atoms with Crippen molar-refractivity contribution in [3.8, 4) is 5.69 Å². The molecule has 2 saturated carbocycles. The molecule has 2 fully saturated rings. The maximum Gasteiger partial charge on any atom is 0.342 e. The van der Waals surface area contributed by atoms with Gasteiger partial charge in [0.25, 0.3) is 0 Å². The Kier molecular flexibility index (Phi) is 4.86. The van der Waals surface area contributed by atoms with Crippen LogP contribution in [-0.2, 0) is 20.8 Å². The van der Waals surface area contributed by atoms with Gasteiger partial charge in [-0.3, -0.25) is 4.79 Å². The summed E-state index contributed by atoms with van der Waals surface area (Å²) in [5.41, 5.74) is 4.89. The molecule has 2 bridgehead atoms. The average Bonchev–Trinajstić information content (AvgIpc) is 3.24. The molecule has 1 aromatic heterocycles. The van der Waals surface area contributed by atoms with Crippen LogP contribution in [0.2, 0.25) is 0 Å². The molecule has 180 valence electrons. The van der Waals surface area contributed by atoms with Gasteiger partial charge in [0.1, 0.15) is 5.78 Å². The van der Waals surface area contributed by atoms with Gasteiger partial charge in [-0.15, -0.1) is 0 Å². The molecule has 0 amide bonds. The van der Waals surface area contributed by atoms with Gasteiger partial charge in [-0.2, -0.15) is 0 Å². The summed E-state index contributed by atoms with van der Waals surface area (Å²) in [4.78, 5) is 32.0. The fourth-order valence-corrected chi connectivity index (χ4v) is 6.81. The molecule has 1 aromatic carbocycles. The van der Waals surface area contributed by atoms with Gasteiger partial charge >= 0.3 is 5.97 Å². The third-order valence-electron chi connectivity index (χ3n) is 9.52. The number of aromatic nitrogens is 1. The van der Waals surface area contributed by atoms with Crippen molar-refractivity contribution in [1.29, 1.82) is 0 Å². The van der Waals surface area contributed by atoms with Crippen LogP contribution in [0.3, 0.4) is 0 Å². The van der Waals surface area contributed by atoms with Crippen LogP contribution in [0.15, 0.2) is 35.5 Å². The van der Waals surface area contributed by atoms with Gasteiger partial charge in [0, 0.05) is 34.5 Å². The van der Waals surface area contributed by atoms with E-state index in [4.69, 9.17) is 4.84 Å². The first-order valence-corrected chi connectivity index (χ1v) is 12.4. The van der Waals surface area contributed by atoms with E-state index in [-0.39, 0.29) is 23.6 Å². The number of hydrogen-bond donors (Lipinski definition) is 0. The van der Waals surface area contributed by atoms with Crippen LogP contribution >= 0.6 is 0 Å². The van der Waals surface area contributed by atoms with Crippen molar-refractivity contribution in [2.75, 3.05) is 0 Å². The number of fused-ring (bicyclic) bond motifs is 3. The van der Waals surface area contributed by atoms with E-state index in [0.717, 1.165) is 41.9 Å². The number of nitrogens with zero attached hydrogens (tertiary/aromatic N) is 2. The monoisotopic (exact) mass is 460 g/mol. The van der Waals surface area contributed by atoms with E-state index in [1.807, 2.05) is 20.8 Å². The van der Waals surface area contributed by atoms with Crippen LogP contribution in [0.4, 0.5) is 0 Å². The van der Waals surface area contributed by atoms with Crippen molar-refractivity contribution >= 4 is 17.5 Å². The Bertz CT molecular complexity index is 1230. The number of Topliss-reactive ketones (excluding diaryl/α,β-unsaturated/α-hetero) is 1. The minimum Gasteiger partial charge on any atom is -0.318 e. The van der Waals surface area contributed by atoms with E-state index in [1.54, 1.807) is 0 Å². The van der Waals surface area contributed by atoms with Crippen LogP contribution in [0, 0.1) is 35.5 Å². The molecule has 2 atom stereocenters. The molecule has 2 unspecified atom stereocenters. The molecule has 0 radical (unpaired) electrons. The average molecular weight is 461 g/mol. The van der Waals surface area contributed by atoms with E-state index < -0.39 is 16.2 Å². The zero-order valence-electron chi connectivity index (χ0n) is 21.5. The SMILES string of the molecule is Cc1ccc(-n2c(C)cc3c2CC(C)(C)C/C3=N\OC(=O)C23CCC(C)(C(=O)C2)C3(C)C)cc1. The number of aryl methyl sites for hydroxylation is 2.